The number of ether oxygens (including phenoxy) is 2. The van der Waals surface area contributed by atoms with E-state index in [4.69, 9.17) is 9.47 Å². The minimum Gasteiger partial charge on any atom is -0.491 e. The predicted molar refractivity (Wildman–Crippen MR) is 134 cm³/mol. The van der Waals surface area contributed by atoms with Gasteiger partial charge in [0.15, 0.2) is 23.2 Å². The van der Waals surface area contributed by atoms with Crippen molar-refractivity contribution in [2.45, 2.75) is 45.6 Å². The molecule has 37 heavy (non-hydrogen) atoms. The van der Waals surface area contributed by atoms with Crippen molar-refractivity contribution in [3.05, 3.63) is 94.3 Å². The molecule has 1 heterocycles. The lowest BCUT2D eigenvalue weighted by Crippen LogP contribution is -2.22. The van der Waals surface area contributed by atoms with Crippen LogP contribution in [0.1, 0.15) is 55.9 Å². The van der Waals surface area contributed by atoms with Gasteiger partial charge in [-0.25, -0.2) is 17.6 Å². The summed E-state index contributed by atoms with van der Waals surface area (Å²) in [5, 5.41) is 0. The van der Waals surface area contributed by atoms with Crippen molar-refractivity contribution in [2.75, 3.05) is 13.2 Å². The van der Waals surface area contributed by atoms with Gasteiger partial charge in [-0.1, -0.05) is 36.4 Å². The molecule has 1 aliphatic rings. The van der Waals surface area contributed by atoms with Gasteiger partial charge in [-0.2, -0.15) is 4.39 Å². The lowest BCUT2D eigenvalue weighted by atomic mass is 9.89. The molecule has 7 heteroatoms. The van der Waals surface area contributed by atoms with Crippen LogP contribution in [-0.4, -0.2) is 13.2 Å². The second kappa shape index (κ2) is 11.9. The molecule has 0 radical (unpaired) electrons. The van der Waals surface area contributed by atoms with Crippen molar-refractivity contribution >= 4 is 6.08 Å². The molecule has 0 saturated carbocycles. The Morgan fingerprint density at radius 1 is 0.892 bits per heavy atom. The largest absolute Gasteiger partial charge is 0.491 e. The first-order chi connectivity index (χ1) is 17.8. The van der Waals surface area contributed by atoms with Crippen LogP contribution in [0.4, 0.5) is 22.0 Å². The maximum absolute atomic E-state index is 14.9. The lowest BCUT2D eigenvalue weighted by Gasteiger charge is -2.29. The molecule has 0 bridgehead atoms. The third kappa shape index (κ3) is 5.87. The summed E-state index contributed by atoms with van der Waals surface area (Å²) < 4.78 is 83.9. The van der Waals surface area contributed by atoms with Gasteiger partial charge in [0.05, 0.1) is 19.3 Å². The third-order valence-electron chi connectivity index (χ3n) is 6.72. The quantitative estimate of drug-likeness (QED) is 0.279. The summed E-state index contributed by atoms with van der Waals surface area (Å²) in [6.45, 7) is 4.02. The molecule has 4 rings (SSSR count). The molecule has 3 aromatic rings. The zero-order valence-corrected chi connectivity index (χ0v) is 20.8. The van der Waals surface area contributed by atoms with Gasteiger partial charge in [0.1, 0.15) is 5.82 Å². The lowest BCUT2D eigenvalue weighted by molar-refractivity contribution is -0.0209. The van der Waals surface area contributed by atoms with Gasteiger partial charge in [-0.05, 0) is 74.8 Å². The Bertz CT molecular complexity index is 1280. The van der Waals surface area contributed by atoms with Crippen LogP contribution in [0.25, 0.3) is 17.2 Å². The van der Waals surface area contributed by atoms with E-state index in [2.05, 4.69) is 0 Å². The highest BCUT2D eigenvalue weighted by Crippen LogP contribution is 2.36. The van der Waals surface area contributed by atoms with E-state index in [1.165, 1.54) is 30.3 Å². The highest BCUT2D eigenvalue weighted by Gasteiger charge is 2.26. The van der Waals surface area contributed by atoms with Gasteiger partial charge in [0, 0.05) is 16.7 Å². The molecule has 1 aliphatic heterocycles. The van der Waals surface area contributed by atoms with Crippen molar-refractivity contribution in [1.82, 2.24) is 0 Å². The predicted octanol–water partition coefficient (Wildman–Crippen LogP) is 8.58. The Balaban J connectivity index is 1.39. The molecule has 0 aromatic heterocycles. The number of hydrogen-bond acceptors (Lipinski definition) is 2. The Morgan fingerprint density at radius 2 is 1.62 bits per heavy atom. The topological polar surface area (TPSA) is 18.5 Å². The summed E-state index contributed by atoms with van der Waals surface area (Å²) in [5.74, 6) is -5.32. The molecule has 2 nitrogen and oxygen atoms in total. The van der Waals surface area contributed by atoms with E-state index >= 15 is 0 Å². The molecular formula is C30H29F5O2. The second-order valence-corrected chi connectivity index (χ2v) is 9.16. The summed E-state index contributed by atoms with van der Waals surface area (Å²) in [6, 6.07) is 10.1. The average molecular weight is 517 g/mol. The number of allylic oxidation sites excluding steroid dienone is 1. The zero-order chi connectivity index (χ0) is 26.5. The minimum atomic E-state index is -1.29. The van der Waals surface area contributed by atoms with Gasteiger partial charge in [0.25, 0.3) is 0 Å². The second-order valence-electron chi connectivity index (χ2n) is 9.16. The van der Waals surface area contributed by atoms with E-state index in [0.717, 1.165) is 12.0 Å². The van der Waals surface area contributed by atoms with Gasteiger partial charge in [-0.15, -0.1) is 0 Å². The molecule has 0 N–H and O–H groups in total. The van der Waals surface area contributed by atoms with Crippen LogP contribution >= 0.6 is 0 Å². The van der Waals surface area contributed by atoms with Crippen LogP contribution in [0.2, 0.25) is 0 Å². The first-order valence-electron chi connectivity index (χ1n) is 12.5. The summed E-state index contributed by atoms with van der Waals surface area (Å²) in [5.41, 5.74) is 0.732. The SMILES string of the molecule is C/C=C/c1ccc(C2CCC(CCc3ccc(-c4ccc(OCC)c(F)c4F)c(F)c3F)CO2)c(F)c1. The van der Waals surface area contributed by atoms with E-state index in [1.807, 2.05) is 25.1 Å². The standard InChI is InChI=1S/C30H29F5O2/c1-3-5-18-7-11-23(24(31)16-18)25-14-8-19(17-37-25)6-9-20-10-12-21(28(33)27(20)32)22-13-15-26(36-4-2)30(35)29(22)34/h3,5,7,10-13,15-16,19,25H,4,6,8-9,14,17H2,1-2H3/b5-3+. The van der Waals surface area contributed by atoms with Gasteiger partial charge >= 0.3 is 0 Å². The van der Waals surface area contributed by atoms with E-state index in [1.54, 1.807) is 13.0 Å². The first-order valence-corrected chi connectivity index (χ1v) is 12.5. The average Bonchev–Trinajstić information content (AvgIpc) is 2.89. The molecule has 2 atom stereocenters. The van der Waals surface area contributed by atoms with E-state index in [-0.39, 0.29) is 53.3 Å². The van der Waals surface area contributed by atoms with E-state index in [0.29, 0.717) is 25.0 Å². The Labute approximate surface area is 213 Å². The number of hydrogen-bond donors (Lipinski definition) is 0. The highest BCUT2D eigenvalue weighted by atomic mass is 19.2. The van der Waals surface area contributed by atoms with Crippen LogP contribution < -0.4 is 4.74 Å². The van der Waals surface area contributed by atoms with Crippen LogP contribution in [0.15, 0.2) is 48.5 Å². The van der Waals surface area contributed by atoms with Crippen molar-refractivity contribution < 1.29 is 31.4 Å². The molecule has 0 aliphatic carbocycles. The molecule has 0 spiro atoms. The normalized spacial score (nSPS) is 17.9. The number of benzene rings is 3. The van der Waals surface area contributed by atoms with Crippen molar-refractivity contribution in [2.24, 2.45) is 5.92 Å². The smallest absolute Gasteiger partial charge is 0.201 e. The first kappa shape index (κ1) is 26.9. The molecule has 2 unspecified atom stereocenters. The summed E-state index contributed by atoms with van der Waals surface area (Å²) in [7, 11) is 0. The summed E-state index contributed by atoms with van der Waals surface area (Å²) in [4.78, 5) is 0. The Morgan fingerprint density at radius 3 is 2.27 bits per heavy atom. The third-order valence-corrected chi connectivity index (χ3v) is 6.72. The maximum Gasteiger partial charge on any atom is 0.201 e. The number of halogens is 5. The van der Waals surface area contributed by atoms with Crippen molar-refractivity contribution in [3.63, 3.8) is 0 Å². The van der Waals surface area contributed by atoms with Crippen molar-refractivity contribution in [3.8, 4) is 16.9 Å². The molecule has 0 amide bonds. The van der Waals surface area contributed by atoms with E-state index < -0.39 is 23.3 Å². The monoisotopic (exact) mass is 516 g/mol. The summed E-state index contributed by atoms with van der Waals surface area (Å²) >= 11 is 0. The van der Waals surface area contributed by atoms with Crippen LogP contribution in [0.5, 0.6) is 5.75 Å². The fourth-order valence-corrected chi connectivity index (χ4v) is 4.74. The fourth-order valence-electron chi connectivity index (χ4n) is 4.74. The van der Waals surface area contributed by atoms with Crippen LogP contribution in [-0.2, 0) is 11.2 Å². The van der Waals surface area contributed by atoms with Crippen molar-refractivity contribution in [1.29, 1.82) is 0 Å². The number of aryl methyl sites for hydroxylation is 1. The Kier molecular flexibility index (Phi) is 8.64. The van der Waals surface area contributed by atoms with Crippen LogP contribution in [0, 0.1) is 35.0 Å². The minimum absolute atomic E-state index is 0.112. The molecule has 1 fully saturated rings. The van der Waals surface area contributed by atoms with Crippen LogP contribution in [0.3, 0.4) is 0 Å². The fraction of sp³-hybridized carbons (Fsp3) is 0.333. The number of rotatable bonds is 8. The van der Waals surface area contributed by atoms with E-state index in [9.17, 15) is 22.0 Å². The molecule has 196 valence electrons. The highest BCUT2D eigenvalue weighted by molar-refractivity contribution is 5.66. The van der Waals surface area contributed by atoms with Gasteiger partial charge in [-0.3, -0.25) is 0 Å². The zero-order valence-electron chi connectivity index (χ0n) is 20.8. The Hall–Kier alpha value is -3.19. The summed E-state index contributed by atoms with van der Waals surface area (Å²) in [6.07, 6.45) is 5.53. The molecule has 1 saturated heterocycles. The molecular weight excluding hydrogens is 487 g/mol. The maximum atomic E-state index is 14.9. The van der Waals surface area contributed by atoms with Gasteiger partial charge < -0.3 is 9.47 Å². The molecule has 3 aromatic carbocycles. The van der Waals surface area contributed by atoms with Gasteiger partial charge in [0.2, 0.25) is 5.82 Å².